The van der Waals surface area contributed by atoms with E-state index < -0.39 is 0 Å². The smallest absolute Gasteiger partial charge is 0.268 e. The van der Waals surface area contributed by atoms with Crippen LogP contribution in [0, 0.1) is 0 Å². The van der Waals surface area contributed by atoms with E-state index in [-0.39, 0.29) is 11.7 Å². The average Bonchev–Trinajstić information content (AvgIpc) is 3.19. The van der Waals surface area contributed by atoms with Crippen molar-refractivity contribution in [2.75, 3.05) is 19.7 Å². The number of nitrogens with zero attached hydrogens (tertiary/aromatic N) is 3. The molecular weight excluding hydrogens is 334 g/mol. The van der Waals surface area contributed by atoms with E-state index in [0.29, 0.717) is 13.3 Å². The van der Waals surface area contributed by atoms with Gasteiger partial charge in [0, 0.05) is 19.2 Å². The molecular formula is C19H19N3O2S. The van der Waals surface area contributed by atoms with Crippen LogP contribution in [-0.2, 0) is 11.4 Å². The van der Waals surface area contributed by atoms with E-state index in [1.807, 2.05) is 35.7 Å². The Morgan fingerprint density at radius 3 is 2.80 bits per heavy atom. The molecule has 25 heavy (non-hydrogen) atoms. The van der Waals surface area contributed by atoms with Crippen molar-refractivity contribution in [3.05, 3.63) is 75.9 Å². The molecule has 5 nitrogen and oxygen atoms in total. The van der Waals surface area contributed by atoms with Crippen LogP contribution in [0.4, 0.5) is 0 Å². The molecule has 1 aliphatic rings. The molecule has 3 heterocycles. The summed E-state index contributed by atoms with van der Waals surface area (Å²) < 4.78 is 7.44. The molecule has 1 fully saturated rings. The minimum Gasteiger partial charge on any atom is -0.371 e. The highest BCUT2D eigenvalue weighted by Gasteiger charge is 2.22. The van der Waals surface area contributed by atoms with Gasteiger partial charge in [0.1, 0.15) is 5.69 Å². The molecule has 2 aromatic heterocycles. The van der Waals surface area contributed by atoms with Crippen LogP contribution in [0.15, 0.2) is 64.8 Å². The second kappa shape index (κ2) is 7.31. The quantitative estimate of drug-likeness (QED) is 0.723. The van der Waals surface area contributed by atoms with E-state index >= 15 is 0 Å². The first-order valence-electron chi connectivity index (χ1n) is 8.30. The van der Waals surface area contributed by atoms with Gasteiger partial charge < -0.3 is 4.74 Å². The van der Waals surface area contributed by atoms with E-state index in [4.69, 9.17) is 4.74 Å². The minimum absolute atomic E-state index is 0.0335. The van der Waals surface area contributed by atoms with Crippen molar-refractivity contribution in [2.24, 2.45) is 0 Å². The zero-order valence-corrected chi connectivity index (χ0v) is 14.6. The second-order valence-corrected chi connectivity index (χ2v) is 6.97. The van der Waals surface area contributed by atoms with Crippen LogP contribution in [0.2, 0.25) is 0 Å². The third-order valence-corrected chi connectivity index (χ3v) is 5.19. The Morgan fingerprint density at radius 2 is 2.00 bits per heavy atom. The molecule has 0 unspecified atom stereocenters. The average molecular weight is 353 g/mol. The van der Waals surface area contributed by atoms with E-state index in [2.05, 4.69) is 22.1 Å². The number of ether oxygens (including phenoxy) is 1. The maximum absolute atomic E-state index is 12.2. The van der Waals surface area contributed by atoms with Crippen molar-refractivity contribution in [3.63, 3.8) is 0 Å². The minimum atomic E-state index is -0.0805. The SMILES string of the molecule is O=c1ccc(-c2cccs2)nn1CN1CCO[C@@H](c2ccccc2)C1. The van der Waals surface area contributed by atoms with Crippen molar-refractivity contribution in [2.45, 2.75) is 12.8 Å². The molecule has 0 aliphatic carbocycles. The Morgan fingerprint density at radius 1 is 1.12 bits per heavy atom. The second-order valence-electron chi connectivity index (χ2n) is 6.02. The van der Waals surface area contributed by atoms with Crippen molar-refractivity contribution >= 4 is 11.3 Å². The van der Waals surface area contributed by atoms with Gasteiger partial charge in [-0.2, -0.15) is 5.10 Å². The molecule has 128 valence electrons. The van der Waals surface area contributed by atoms with Crippen LogP contribution in [0.1, 0.15) is 11.7 Å². The van der Waals surface area contributed by atoms with Crippen molar-refractivity contribution in [1.82, 2.24) is 14.7 Å². The summed E-state index contributed by atoms with van der Waals surface area (Å²) in [7, 11) is 0. The predicted molar refractivity (Wildman–Crippen MR) is 98.5 cm³/mol. The van der Waals surface area contributed by atoms with Crippen LogP contribution in [0.3, 0.4) is 0 Å². The Kier molecular flexibility index (Phi) is 4.74. The lowest BCUT2D eigenvalue weighted by Gasteiger charge is -2.33. The van der Waals surface area contributed by atoms with Gasteiger partial charge in [-0.1, -0.05) is 36.4 Å². The van der Waals surface area contributed by atoms with Crippen LogP contribution in [0.25, 0.3) is 10.6 Å². The van der Waals surface area contributed by atoms with Gasteiger partial charge in [0.2, 0.25) is 0 Å². The third-order valence-electron chi connectivity index (χ3n) is 4.30. The van der Waals surface area contributed by atoms with Gasteiger partial charge in [-0.25, -0.2) is 4.68 Å². The number of benzene rings is 1. The molecule has 6 heteroatoms. The monoisotopic (exact) mass is 353 g/mol. The number of hydrogen-bond donors (Lipinski definition) is 0. The lowest BCUT2D eigenvalue weighted by molar-refractivity contribution is -0.0421. The maximum Gasteiger partial charge on any atom is 0.268 e. The van der Waals surface area contributed by atoms with Crippen molar-refractivity contribution < 1.29 is 4.74 Å². The molecule has 0 spiro atoms. The highest BCUT2D eigenvalue weighted by atomic mass is 32.1. The third kappa shape index (κ3) is 3.71. The summed E-state index contributed by atoms with van der Waals surface area (Å²) in [5.41, 5.74) is 1.92. The lowest BCUT2D eigenvalue weighted by Crippen LogP contribution is -2.42. The van der Waals surface area contributed by atoms with Gasteiger partial charge in [-0.3, -0.25) is 9.69 Å². The Hall–Kier alpha value is -2.28. The van der Waals surface area contributed by atoms with Crippen LogP contribution in [0.5, 0.6) is 0 Å². The zero-order valence-electron chi connectivity index (χ0n) is 13.7. The topological polar surface area (TPSA) is 47.4 Å². The highest BCUT2D eigenvalue weighted by molar-refractivity contribution is 7.13. The molecule has 1 aliphatic heterocycles. The molecule has 0 radical (unpaired) electrons. The summed E-state index contributed by atoms with van der Waals surface area (Å²) in [5.74, 6) is 0. The normalized spacial score (nSPS) is 18.3. The molecule has 0 bridgehead atoms. The van der Waals surface area contributed by atoms with Gasteiger partial charge in [-0.05, 0) is 23.1 Å². The number of morpholine rings is 1. The van der Waals surface area contributed by atoms with Gasteiger partial charge in [0.05, 0.1) is 24.3 Å². The first-order valence-corrected chi connectivity index (χ1v) is 9.18. The van der Waals surface area contributed by atoms with Crippen LogP contribution in [-0.4, -0.2) is 34.4 Å². The number of aromatic nitrogens is 2. The van der Waals surface area contributed by atoms with Gasteiger partial charge in [0.15, 0.2) is 0 Å². The van der Waals surface area contributed by atoms with Crippen molar-refractivity contribution in [3.8, 4) is 10.6 Å². The Balaban J connectivity index is 1.52. The molecule has 1 aromatic carbocycles. The van der Waals surface area contributed by atoms with Crippen LogP contribution >= 0.6 is 11.3 Å². The van der Waals surface area contributed by atoms with E-state index in [0.717, 1.165) is 23.7 Å². The fourth-order valence-corrected chi connectivity index (χ4v) is 3.69. The Labute approximate surface area is 150 Å². The summed E-state index contributed by atoms with van der Waals surface area (Å²) in [6.45, 7) is 2.67. The van der Waals surface area contributed by atoms with Gasteiger partial charge in [-0.15, -0.1) is 11.3 Å². The van der Waals surface area contributed by atoms with Crippen molar-refractivity contribution in [1.29, 1.82) is 0 Å². The van der Waals surface area contributed by atoms with Gasteiger partial charge in [0.25, 0.3) is 5.56 Å². The van der Waals surface area contributed by atoms with Crippen LogP contribution < -0.4 is 5.56 Å². The Bertz CT molecular complexity index is 877. The summed E-state index contributed by atoms with van der Waals surface area (Å²) in [6.07, 6.45) is 0.0335. The first-order chi connectivity index (χ1) is 12.3. The summed E-state index contributed by atoms with van der Waals surface area (Å²) in [5, 5.41) is 6.55. The van der Waals surface area contributed by atoms with E-state index in [1.54, 1.807) is 28.2 Å². The number of thiophene rings is 1. The fraction of sp³-hybridized carbons (Fsp3) is 0.263. The molecule has 0 saturated carbocycles. The fourth-order valence-electron chi connectivity index (χ4n) is 3.00. The molecule has 1 saturated heterocycles. The van der Waals surface area contributed by atoms with Gasteiger partial charge >= 0.3 is 0 Å². The standard InChI is InChI=1S/C19H19N3O2S/c23-19-9-8-16(18-7-4-12-25-18)20-22(19)14-21-10-11-24-17(13-21)15-5-2-1-3-6-15/h1-9,12,17H,10-11,13-14H2/t17-/m1/s1. The molecule has 1 atom stereocenters. The number of hydrogen-bond acceptors (Lipinski definition) is 5. The van der Waals surface area contributed by atoms with E-state index in [9.17, 15) is 4.79 Å². The summed E-state index contributed by atoms with van der Waals surface area (Å²) >= 11 is 1.62. The van der Waals surface area contributed by atoms with E-state index in [1.165, 1.54) is 5.56 Å². The lowest BCUT2D eigenvalue weighted by atomic mass is 10.1. The summed E-state index contributed by atoms with van der Waals surface area (Å²) in [4.78, 5) is 15.5. The molecule has 0 N–H and O–H groups in total. The predicted octanol–water partition coefficient (Wildman–Crippen LogP) is 3.00. The molecule has 4 rings (SSSR count). The molecule has 3 aromatic rings. The maximum atomic E-state index is 12.2. The largest absolute Gasteiger partial charge is 0.371 e. The number of rotatable bonds is 4. The zero-order chi connectivity index (χ0) is 17.1. The summed E-state index contributed by atoms with van der Waals surface area (Å²) in [6, 6.07) is 17.6. The first kappa shape index (κ1) is 16.2. The highest BCUT2D eigenvalue weighted by Crippen LogP contribution is 2.23. The molecule has 0 amide bonds.